The Bertz CT molecular complexity index is 240. The third-order valence-corrected chi connectivity index (χ3v) is 3.62. The predicted molar refractivity (Wildman–Crippen MR) is 68.7 cm³/mol. The van der Waals surface area contributed by atoms with Gasteiger partial charge in [-0.15, -0.1) is 0 Å². The molecule has 4 nitrogen and oxygen atoms in total. The molecule has 1 saturated heterocycles. The van der Waals surface area contributed by atoms with E-state index >= 15 is 0 Å². The minimum absolute atomic E-state index is 0.0567. The van der Waals surface area contributed by atoms with Crippen LogP contribution in [0.5, 0.6) is 0 Å². The molecule has 1 amide bonds. The van der Waals surface area contributed by atoms with Gasteiger partial charge in [-0.1, -0.05) is 26.7 Å². The van der Waals surface area contributed by atoms with Crippen molar-refractivity contribution in [2.24, 2.45) is 5.92 Å². The molecule has 0 spiro atoms. The van der Waals surface area contributed by atoms with Crippen molar-refractivity contribution in [2.45, 2.75) is 51.7 Å². The van der Waals surface area contributed by atoms with Crippen LogP contribution in [0.15, 0.2) is 0 Å². The van der Waals surface area contributed by atoms with Gasteiger partial charge in [0.2, 0.25) is 5.91 Å². The van der Waals surface area contributed by atoms with E-state index in [9.17, 15) is 9.90 Å². The number of rotatable bonds is 6. The number of nitrogens with zero attached hydrogens (tertiary/aromatic N) is 1. The van der Waals surface area contributed by atoms with Crippen molar-refractivity contribution in [1.82, 2.24) is 10.2 Å². The lowest BCUT2D eigenvalue weighted by Crippen LogP contribution is -2.46. The van der Waals surface area contributed by atoms with Gasteiger partial charge < -0.3 is 15.3 Å². The highest BCUT2D eigenvalue weighted by Gasteiger charge is 2.33. The summed E-state index contributed by atoms with van der Waals surface area (Å²) in [4.78, 5) is 14.1. The Labute approximate surface area is 104 Å². The fraction of sp³-hybridized carbons (Fsp3) is 0.923. The number of carbonyl (C=O) groups excluding carboxylic acids is 1. The molecule has 0 bridgehead atoms. The van der Waals surface area contributed by atoms with Gasteiger partial charge in [-0.25, -0.2) is 0 Å². The first kappa shape index (κ1) is 14.5. The summed E-state index contributed by atoms with van der Waals surface area (Å²) in [7, 11) is 1.82. The topological polar surface area (TPSA) is 52.6 Å². The molecule has 0 aliphatic carbocycles. The lowest BCUT2D eigenvalue weighted by Gasteiger charge is -2.30. The maximum atomic E-state index is 12.3. The summed E-state index contributed by atoms with van der Waals surface area (Å²) in [5, 5.41) is 12.9. The van der Waals surface area contributed by atoms with Gasteiger partial charge in [0, 0.05) is 26.1 Å². The van der Waals surface area contributed by atoms with Gasteiger partial charge in [-0.2, -0.15) is 0 Å². The quantitative estimate of drug-likeness (QED) is 0.730. The molecule has 0 radical (unpaired) electrons. The Morgan fingerprint density at radius 2 is 1.94 bits per heavy atom. The van der Waals surface area contributed by atoms with Gasteiger partial charge in [0.25, 0.3) is 0 Å². The van der Waals surface area contributed by atoms with E-state index in [-0.39, 0.29) is 17.9 Å². The number of amides is 1. The van der Waals surface area contributed by atoms with Crippen molar-refractivity contribution < 1.29 is 9.90 Å². The molecule has 0 saturated carbocycles. The number of aliphatic hydroxyl groups is 1. The fourth-order valence-electron chi connectivity index (χ4n) is 2.59. The van der Waals surface area contributed by atoms with Crippen LogP contribution in [0.3, 0.4) is 0 Å². The molecule has 1 rings (SSSR count). The monoisotopic (exact) mass is 242 g/mol. The number of carbonyl (C=O) groups is 1. The van der Waals surface area contributed by atoms with Crippen molar-refractivity contribution in [3.05, 3.63) is 0 Å². The summed E-state index contributed by atoms with van der Waals surface area (Å²) < 4.78 is 0. The molecule has 0 unspecified atom stereocenters. The van der Waals surface area contributed by atoms with Crippen LogP contribution in [0.1, 0.15) is 39.5 Å². The van der Waals surface area contributed by atoms with Gasteiger partial charge in [0.15, 0.2) is 0 Å². The van der Waals surface area contributed by atoms with Crippen molar-refractivity contribution in [3.63, 3.8) is 0 Å². The molecule has 2 atom stereocenters. The number of hydrogen-bond donors (Lipinski definition) is 2. The lowest BCUT2D eigenvalue weighted by molar-refractivity contribution is -0.138. The zero-order valence-electron chi connectivity index (χ0n) is 11.3. The molecule has 17 heavy (non-hydrogen) atoms. The summed E-state index contributed by atoms with van der Waals surface area (Å²) in [6.07, 6.45) is 3.55. The lowest BCUT2D eigenvalue weighted by atomic mass is 9.96. The van der Waals surface area contributed by atoms with Crippen molar-refractivity contribution in [3.8, 4) is 0 Å². The molecule has 4 heteroatoms. The van der Waals surface area contributed by atoms with Crippen LogP contribution >= 0.6 is 0 Å². The van der Waals surface area contributed by atoms with Crippen molar-refractivity contribution in [1.29, 1.82) is 0 Å². The Hall–Kier alpha value is -0.610. The van der Waals surface area contributed by atoms with Crippen molar-refractivity contribution in [2.75, 3.05) is 20.1 Å². The third kappa shape index (κ3) is 3.68. The second-order valence-corrected chi connectivity index (χ2v) is 5.02. The summed E-state index contributed by atoms with van der Waals surface area (Å²) in [6, 6.07) is -0.0567. The first-order valence-corrected chi connectivity index (χ1v) is 6.77. The van der Waals surface area contributed by atoms with E-state index in [1.54, 1.807) is 4.90 Å². The van der Waals surface area contributed by atoms with E-state index in [1.807, 2.05) is 7.05 Å². The Kier molecular flexibility index (Phi) is 5.92. The van der Waals surface area contributed by atoms with Crippen LogP contribution < -0.4 is 5.32 Å². The van der Waals surface area contributed by atoms with Crippen LogP contribution in [-0.4, -0.2) is 48.2 Å². The first-order valence-electron chi connectivity index (χ1n) is 6.77. The number of hydrogen-bond acceptors (Lipinski definition) is 3. The van der Waals surface area contributed by atoms with Gasteiger partial charge in [0.1, 0.15) is 0 Å². The highest BCUT2D eigenvalue weighted by Crippen LogP contribution is 2.19. The maximum Gasteiger partial charge on any atom is 0.225 e. The number of β-amino-alcohol motifs (C(OH)–C–C–N with tert-alkyl or cyclic N) is 1. The molecular weight excluding hydrogens is 216 g/mol. The van der Waals surface area contributed by atoms with Gasteiger partial charge in [-0.3, -0.25) is 4.79 Å². The largest absolute Gasteiger partial charge is 0.390 e. The average Bonchev–Trinajstić information content (AvgIpc) is 2.73. The maximum absolute atomic E-state index is 12.3. The van der Waals surface area contributed by atoms with E-state index in [1.165, 1.54) is 0 Å². The van der Waals surface area contributed by atoms with Gasteiger partial charge >= 0.3 is 0 Å². The Morgan fingerprint density at radius 1 is 1.35 bits per heavy atom. The molecule has 1 aliphatic rings. The highest BCUT2D eigenvalue weighted by atomic mass is 16.3. The molecule has 1 fully saturated rings. The minimum atomic E-state index is -0.423. The normalized spacial score (nSPS) is 24.3. The number of aliphatic hydroxyl groups excluding tert-OH is 1. The average molecular weight is 242 g/mol. The smallest absolute Gasteiger partial charge is 0.225 e. The Balaban J connectivity index is 2.58. The first-order chi connectivity index (χ1) is 8.11. The molecule has 0 aromatic heterocycles. The van der Waals surface area contributed by atoms with Gasteiger partial charge in [0.05, 0.1) is 12.1 Å². The number of likely N-dealkylation sites (N-methyl/N-ethyl adjacent to an activating group) is 1. The molecule has 0 aromatic rings. The van der Waals surface area contributed by atoms with E-state index in [0.717, 1.165) is 25.7 Å². The summed E-state index contributed by atoms with van der Waals surface area (Å²) in [6.45, 7) is 5.52. The van der Waals surface area contributed by atoms with Crippen LogP contribution in [0.4, 0.5) is 0 Å². The van der Waals surface area contributed by atoms with E-state index in [2.05, 4.69) is 19.2 Å². The second kappa shape index (κ2) is 6.97. The highest BCUT2D eigenvalue weighted by molar-refractivity contribution is 5.79. The summed E-state index contributed by atoms with van der Waals surface area (Å²) >= 11 is 0. The molecule has 0 aromatic carbocycles. The fourth-order valence-corrected chi connectivity index (χ4v) is 2.59. The van der Waals surface area contributed by atoms with Crippen LogP contribution in [-0.2, 0) is 4.79 Å². The zero-order valence-corrected chi connectivity index (χ0v) is 11.3. The molecule has 100 valence electrons. The molecule has 2 N–H and O–H groups in total. The standard InChI is InChI=1S/C13H26N2O2/c1-4-6-10(7-5-2)13(17)15(3)11-8-14-9-12(11)16/h10-12,14,16H,4-9H2,1-3H3/t11-,12-/m0/s1. The van der Waals surface area contributed by atoms with Gasteiger partial charge in [-0.05, 0) is 12.8 Å². The number of nitrogens with one attached hydrogen (secondary N) is 1. The van der Waals surface area contributed by atoms with Crippen LogP contribution in [0.2, 0.25) is 0 Å². The molecule has 1 heterocycles. The van der Waals surface area contributed by atoms with E-state index in [4.69, 9.17) is 0 Å². The van der Waals surface area contributed by atoms with E-state index < -0.39 is 6.10 Å². The molecule has 1 aliphatic heterocycles. The minimum Gasteiger partial charge on any atom is -0.390 e. The van der Waals surface area contributed by atoms with Crippen LogP contribution in [0, 0.1) is 5.92 Å². The zero-order chi connectivity index (χ0) is 12.8. The van der Waals surface area contributed by atoms with E-state index in [0.29, 0.717) is 13.1 Å². The van der Waals surface area contributed by atoms with Crippen LogP contribution in [0.25, 0.3) is 0 Å². The second-order valence-electron chi connectivity index (χ2n) is 5.02. The van der Waals surface area contributed by atoms with Crippen molar-refractivity contribution >= 4 is 5.91 Å². The molecular formula is C13H26N2O2. The predicted octanol–water partition coefficient (Wildman–Crippen LogP) is 0.994. The summed E-state index contributed by atoms with van der Waals surface area (Å²) in [5.41, 5.74) is 0. The summed E-state index contributed by atoms with van der Waals surface area (Å²) in [5.74, 6) is 0.323. The SMILES string of the molecule is CCCC(CCC)C(=O)N(C)[C@H]1CNC[C@@H]1O. The Morgan fingerprint density at radius 3 is 2.35 bits per heavy atom. The third-order valence-electron chi connectivity index (χ3n) is 3.62.